The van der Waals surface area contributed by atoms with Crippen LogP contribution in [0.3, 0.4) is 0 Å². The maximum absolute atomic E-state index is 6.17. The first-order valence-corrected chi connectivity index (χ1v) is 15.2. The molecule has 0 amide bonds. The number of fused-ring (bicyclic) bond motifs is 1. The number of benzene rings is 3. The van der Waals surface area contributed by atoms with E-state index in [0.29, 0.717) is 19.0 Å². The molecule has 9 heteroatoms. The van der Waals surface area contributed by atoms with Gasteiger partial charge in [-0.3, -0.25) is 4.57 Å². The minimum atomic E-state index is -0.0844. The Morgan fingerprint density at radius 1 is 0.791 bits per heavy atom. The number of imidazole rings is 1. The number of aromatic nitrogens is 4. The predicted octanol–water partition coefficient (Wildman–Crippen LogP) is 6.31. The van der Waals surface area contributed by atoms with Crippen LogP contribution in [0, 0.1) is 0 Å². The summed E-state index contributed by atoms with van der Waals surface area (Å²) in [4.78, 5) is 19.7. The van der Waals surface area contributed by atoms with E-state index in [1.54, 1.807) is 0 Å². The quantitative estimate of drug-likeness (QED) is 0.219. The number of nitrogens with zero attached hydrogens (tertiary/aromatic N) is 6. The highest BCUT2D eigenvalue weighted by Crippen LogP contribution is 2.32. The number of morpholine rings is 1. The summed E-state index contributed by atoms with van der Waals surface area (Å²) in [5, 5.41) is 3.50. The monoisotopic (exact) mass is 575 g/mol. The van der Waals surface area contributed by atoms with E-state index in [0.717, 1.165) is 74.8 Å². The van der Waals surface area contributed by atoms with Crippen LogP contribution in [0.5, 0.6) is 0 Å². The van der Waals surface area contributed by atoms with Crippen molar-refractivity contribution < 1.29 is 9.47 Å². The Hall–Kier alpha value is -4.47. The van der Waals surface area contributed by atoms with Crippen LogP contribution in [0.2, 0.25) is 0 Å². The zero-order chi connectivity index (χ0) is 28.8. The fourth-order valence-corrected chi connectivity index (χ4v) is 5.85. The molecule has 1 unspecified atom stereocenters. The van der Waals surface area contributed by atoms with Crippen molar-refractivity contribution in [3.05, 3.63) is 102 Å². The summed E-state index contributed by atoms with van der Waals surface area (Å²) in [7, 11) is 0. The molecule has 0 radical (unpaired) electrons. The maximum atomic E-state index is 6.17. The molecule has 5 aromatic rings. The lowest BCUT2D eigenvalue weighted by molar-refractivity contribution is -0.0298. The lowest BCUT2D eigenvalue weighted by Crippen LogP contribution is -2.36. The van der Waals surface area contributed by atoms with Gasteiger partial charge in [0.1, 0.15) is 6.23 Å². The molecule has 2 aliphatic rings. The molecule has 43 heavy (non-hydrogen) atoms. The molecular weight excluding hydrogens is 538 g/mol. The molecule has 7 rings (SSSR count). The molecule has 9 nitrogen and oxygen atoms in total. The second-order valence-electron chi connectivity index (χ2n) is 11.1. The third kappa shape index (κ3) is 6.33. The average molecular weight is 576 g/mol. The van der Waals surface area contributed by atoms with Crippen molar-refractivity contribution >= 4 is 34.3 Å². The SMILES string of the molecule is c1ccc(CN(Cc2ccccc2)c2nc(Nc3ccc(N4CCOCC4)cc3)nc3c2ncn3C2CCCCO2)cc1. The molecule has 0 saturated carbocycles. The van der Waals surface area contributed by atoms with Gasteiger partial charge in [-0.15, -0.1) is 0 Å². The largest absolute Gasteiger partial charge is 0.378 e. The minimum absolute atomic E-state index is 0.0844. The number of hydrogen-bond acceptors (Lipinski definition) is 8. The van der Waals surface area contributed by atoms with Crippen LogP contribution >= 0.6 is 0 Å². The maximum Gasteiger partial charge on any atom is 0.231 e. The van der Waals surface area contributed by atoms with Crippen LogP contribution < -0.4 is 15.1 Å². The molecular formula is C34H37N7O2. The van der Waals surface area contributed by atoms with Gasteiger partial charge in [0.25, 0.3) is 0 Å². The summed E-state index contributed by atoms with van der Waals surface area (Å²) in [6.45, 7) is 5.44. The third-order valence-corrected chi connectivity index (χ3v) is 8.10. The lowest BCUT2D eigenvalue weighted by atomic mass is 10.1. The van der Waals surface area contributed by atoms with E-state index < -0.39 is 0 Å². The van der Waals surface area contributed by atoms with Gasteiger partial charge in [0.05, 0.1) is 19.5 Å². The Bertz CT molecular complexity index is 1570. The Morgan fingerprint density at radius 3 is 2.14 bits per heavy atom. The fourth-order valence-electron chi connectivity index (χ4n) is 5.85. The van der Waals surface area contributed by atoms with Crippen molar-refractivity contribution in [2.45, 2.75) is 38.6 Å². The molecule has 2 saturated heterocycles. The summed E-state index contributed by atoms with van der Waals surface area (Å²) in [5.74, 6) is 1.32. The van der Waals surface area contributed by atoms with Gasteiger partial charge >= 0.3 is 0 Å². The van der Waals surface area contributed by atoms with Gasteiger partial charge in [-0.05, 0) is 54.7 Å². The molecule has 1 atom stereocenters. The first-order chi connectivity index (χ1) is 21.3. The first-order valence-electron chi connectivity index (χ1n) is 15.2. The summed E-state index contributed by atoms with van der Waals surface area (Å²) < 4.78 is 13.8. The Labute approximate surface area is 252 Å². The summed E-state index contributed by atoms with van der Waals surface area (Å²) in [5.41, 5.74) is 6.07. The van der Waals surface area contributed by atoms with Crippen molar-refractivity contribution in [2.24, 2.45) is 0 Å². The van der Waals surface area contributed by atoms with Crippen molar-refractivity contribution in [3.8, 4) is 0 Å². The first kappa shape index (κ1) is 27.4. The highest BCUT2D eigenvalue weighted by molar-refractivity contribution is 5.85. The topological polar surface area (TPSA) is 80.6 Å². The summed E-state index contributed by atoms with van der Waals surface area (Å²) >= 11 is 0. The number of ether oxygens (including phenoxy) is 2. The van der Waals surface area contributed by atoms with Crippen molar-refractivity contribution in [1.29, 1.82) is 0 Å². The smallest absolute Gasteiger partial charge is 0.231 e. The zero-order valence-corrected chi connectivity index (χ0v) is 24.3. The second kappa shape index (κ2) is 12.8. The molecule has 2 fully saturated rings. The standard InChI is InChI=1S/C34H37N7O2/c1-3-9-26(10-4-1)23-40(24-27-11-5-2-6-12-27)32-31-33(41(25-35-31)30-13-7-8-20-43-30)38-34(37-32)36-28-14-16-29(17-15-28)39-18-21-42-22-19-39/h1-6,9-12,14-17,25,30H,7-8,13,18-24H2,(H,36,37,38). The third-order valence-electron chi connectivity index (χ3n) is 8.10. The lowest BCUT2D eigenvalue weighted by Gasteiger charge is -2.29. The van der Waals surface area contributed by atoms with Gasteiger partial charge in [-0.1, -0.05) is 60.7 Å². The normalized spacial score (nSPS) is 17.2. The van der Waals surface area contributed by atoms with Gasteiger partial charge in [0.15, 0.2) is 17.0 Å². The van der Waals surface area contributed by atoms with Gasteiger partial charge in [-0.25, -0.2) is 4.98 Å². The molecule has 3 aromatic carbocycles. The van der Waals surface area contributed by atoms with E-state index in [4.69, 9.17) is 24.4 Å². The molecule has 4 heterocycles. The van der Waals surface area contributed by atoms with Crippen LogP contribution in [0.25, 0.3) is 11.2 Å². The molecule has 2 aromatic heterocycles. The molecule has 0 spiro atoms. The molecule has 0 bridgehead atoms. The van der Waals surface area contributed by atoms with Crippen LogP contribution in [0.15, 0.2) is 91.3 Å². The van der Waals surface area contributed by atoms with Gasteiger partial charge in [-0.2, -0.15) is 9.97 Å². The van der Waals surface area contributed by atoms with E-state index in [9.17, 15) is 0 Å². The van der Waals surface area contributed by atoms with E-state index in [1.807, 2.05) is 18.5 Å². The van der Waals surface area contributed by atoms with E-state index >= 15 is 0 Å². The Kier molecular flexibility index (Phi) is 8.15. The Balaban J connectivity index is 1.27. The molecule has 220 valence electrons. The summed E-state index contributed by atoms with van der Waals surface area (Å²) in [6.07, 6.45) is 4.92. The second-order valence-corrected chi connectivity index (χ2v) is 11.1. The van der Waals surface area contributed by atoms with Crippen LogP contribution in [-0.4, -0.2) is 52.4 Å². The van der Waals surface area contributed by atoms with Gasteiger partial charge < -0.3 is 24.6 Å². The van der Waals surface area contributed by atoms with Crippen LogP contribution in [0.1, 0.15) is 36.6 Å². The number of rotatable bonds is 9. The molecule has 2 aliphatic heterocycles. The van der Waals surface area contributed by atoms with E-state index in [-0.39, 0.29) is 6.23 Å². The summed E-state index contributed by atoms with van der Waals surface area (Å²) in [6, 6.07) is 29.5. The van der Waals surface area contributed by atoms with Crippen molar-refractivity contribution in [3.63, 3.8) is 0 Å². The number of anilines is 4. The minimum Gasteiger partial charge on any atom is -0.378 e. The van der Waals surface area contributed by atoms with E-state index in [2.05, 4.69) is 92.5 Å². The molecule has 1 N–H and O–H groups in total. The van der Waals surface area contributed by atoms with Gasteiger partial charge in [0.2, 0.25) is 5.95 Å². The highest BCUT2D eigenvalue weighted by Gasteiger charge is 2.24. The Morgan fingerprint density at radius 2 is 1.49 bits per heavy atom. The van der Waals surface area contributed by atoms with Crippen molar-refractivity contribution in [1.82, 2.24) is 19.5 Å². The average Bonchev–Trinajstić information content (AvgIpc) is 3.50. The van der Waals surface area contributed by atoms with Crippen LogP contribution in [-0.2, 0) is 22.6 Å². The zero-order valence-electron chi connectivity index (χ0n) is 24.3. The van der Waals surface area contributed by atoms with Crippen LogP contribution in [0.4, 0.5) is 23.1 Å². The highest BCUT2D eigenvalue weighted by atomic mass is 16.5. The predicted molar refractivity (Wildman–Crippen MR) is 170 cm³/mol. The van der Waals surface area contributed by atoms with Gasteiger partial charge in [0, 0.05) is 44.2 Å². The van der Waals surface area contributed by atoms with Crippen molar-refractivity contribution in [2.75, 3.05) is 48.0 Å². The number of nitrogens with one attached hydrogen (secondary N) is 1. The van der Waals surface area contributed by atoms with E-state index in [1.165, 1.54) is 16.8 Å². The fraction of sp³-hybridized carbons (Fsp3) is 0.324. The molecule has 0 aliphatic carbocycles. The number of hydrogen-bond donors (Lipinski definition) is 1.